The van der Waals surface area contributed by atoms with Crippen molar-refractivity contribution in [1.29, 1.82) is 0 Å². The highest BCUT2D eigenvalue weighted by Gasteiger charge is 2.29. The van der Waals surface area contributed by atoms with Crippen LogP contribution in [0.1, 0.15) is 22.6 Å². The van der Waals surface area contributed by atoms with Crippen molar-refractivity contribution in [3.8, 4) is 5.75 Å². The number of aromatic nitrogens is 3. The fourth-order valence-corrected chi connectivity index (χ4v) is 2.90. The van der Waals surface area contributed by atoms with Crippen LogP contribution in [0.3, 0.4) is 0 Å². The van der Waals surface area contributed by atoms with Gasteiger partial charge in [0.15, 0.2) is 5.82 Å². The van der Waals surface area contributed by atoms with Gasteiger partial charge in [-0.2, -0.15) is 4.98 Å². The molecule has 0 aliphatic carbocycles. The maximum absolute atomic E-state index is 12.4. The maximum Gasteiger partial charge on any atom is 0.254 e. The van der Waals surface area contributed by atoms with Gasteiger partial charge in [-0.05, 0) is 24.3 Å². The predicted octanol–water partition coefficient (Wildman–Crippen LogP) is 1.46. The number of para-hydroxylation sites is 2. The van der Waals surface area contributed by atoms with Crippen LogP contribution >= 0.6 is 0 Å². The molecule has 4 rings (SSSR count). The first-order chi connectivity index (χ1) is 14.6. The number of fused-ring (bicyclic) bond motifs is 1. The molecule has 0 saturated heterocycles. The average molecular weight is 406 g/mol. The molecular formula is C20H18N6O4. The minimum Gasteiger partial charge on any atom is -0.486 e. The van der Waals surface area contributed by atoms with Crippen LogP contribution in [0.15, 0.2) is 54.6 Å². The first kappa shape index (κ1) is 19.1. The number of hydrogen-bond donors (Lipinski definition) is 4. The summed E-state index contributed by atoms with van der Waals surface area (Å²) in [7, 11) is 0. The van der Waals surface area contributed by atoms with E-state index in [0.29, 0.717) is 22.8 Å². The van der Waals surface area contributed by atoms with Crippen molar-refractivity contribution in [1.82, 2.24) is 20.5 Å². The van der Waals surface area contributed by atoms with Crippen molar-refractivity contribution in [3.63, 3.8) is 0 Å². The fraction of sp³-hybridized carbons (Fsp3) is 0.150. The number of aromatic amines is 1. The minimum atomic E-state index is -1.02. The number of amides is 3. The molecule has 1 aliphatic rings. The second kappa shape index (κ2) is 8.43. The molecule has 1 atom stereocenters. The monoisotopic (exact) mass is 406 g/mol. The van der Waals surface area contributed by atoms with Gasteiger partial charge in [0.25, 0.3) is 5.91 Å². The van der Waals surface area contributed by atoms with Crippen LogP contribution in [0.2, 0.25) is 0 Å². The highest BCUT2D eigenvalue weighted by molar-refractivity contribution is 6.11. The number of H-pyrrole nitrogens is 1. The van der Waals surface area contributed by atoms with Crippen LogP contribution in [-0.4, -0.2) is 38.9 Å². The average Bonchev–Trinajstić information content (AvgIpc) is 3.15. The molecule has 10 nitrogen and oxygen atoms in total. The highest BCUT2D eigenvalue weighted by atomic mass is 16.5. The Hall–Kier alpha value is -4.21. The number of nitrogens with zero attached hydrogens (tertiary/aromatic N) is 2. The number of nitrogens with one attached hydrogen (secondary N) is 4. The second-order valence-electron chi connectivity index (χ2n) is 6.52. The summed E-state index contributed by atoms with van der Waals surface area (Å²) in [6, 6.07) is 14.8. The standard InChI is InChI=1S/C20H18N6O4/c27-17(10-15-19(29)21-14-9-5-4-8-13(14)18(28)22-15)24-20-23-16(25-26-20)11-30-12-6-2-1-3-7-12/h1-9,15H,10-11H2,(H,21,29)(H,22,28)(H2,23,24,25,26,27). The van der Waals surface area contributed by atoms with Gasteiger partial charge in [0.2, 0.25) is 17.8 Å². The first-order valence-corrected chi connectivity index (χ1v) is 9.18. The molecule has 2 heterocycles. The smallest absolute Gasteiger partial charge is 0.254 e. The van der Waals surface area contributed by atoms with Gasteiger partial charge in [0.1, 0.15) is 18.4 Å². The number of hydrogen-bond acceptors (Lipinski definition) is 6. The lowest BCUT2D eigenvalue weighted by Crippen LogP contribution is -2.43. The molecule has 0 radical (unpaired) electrons. The summed E-state index contributed by atoms with van der Waals surface area (Å²) in [4.78, 5) is 41.2. The summed E-state index contributed by atoms with van der Waals surface area (Å²) in [6.45, 7) is 0.145. The molecule has 1 aliphatic heterocycles. The van der Waals surface area contributed by atoms with Crippen LogP contribution in [0, 0.1) is 0 Å². The molecule has 30 heavy (non-hydrogen) atoms. The largest absolute Gasteiger partial charge is 0.486 e. The fourth-order valence-electron chi connectivity index (χ4n) is 2.90. The van der Waals surface area contributed by atoms with Gasteiger partial charge >= 0.3 is 0 Å². The van der Waals surface area contributed by atoms with E-state index in [4.69, 9.17) is 4.74 Å². The van der Waals surface area contributed by atoms with Crippen LogP contribution < -0.4 is 20.7 Å². The van der Waals surface area contributed by atoms with Crippen molar-refractivity contribution in [2.75, 3.05) is 10.6 Å². The van der Waals surface area contributed by atoms with Crippen molar-refractivity contribution >= 4 is 29.4 Å². The van der Waals surface area contributed by atoms with E-state index in [1.54, 1.807) is 24.3 Å². The molecule has 1 unspecified atom stereocenters. The molecule has 0 bridgehead atoms. The molecule has 2 aromatic carbocycles. The lowest BCUT2D eigenvalue weighted by molar-refractivity contribution is -0.122. The minimum absolute atomic E-state index is 0.0512. The molecule has 0 fully saturated rings. The van der Waals surface area contributed by atoms with Crippen LogP contribution in [0.25, 0.3) is 0 Å². The zero-order valence-corrected chi connectivity index (χ0v) is 15.7. The van der Waals surface area contributed by atoms with Gasteiger partial charge < -0.3 is 15.4 Å². The Labute approximate surface area is 171 Å². The second-order valence-corrected chi connectivity index (χ2v) is 6.52. The number of ether oxygens (including phenoxy) is 1. The van der Waals surface area contributed by atoms with Crippen molar-refractivity contribution < 1.29 is 19.1 Å². The van der Waals surface area contributed by atoms with Gasteiger partial charge in [-0.15, -0.1) is 5.10 Å². The van der Waals surface area contributed by atoms with E-state index in [0.717, 1.165) is 0 Å². The van der Waals surface area contributed by atoms with E-state index in [2.05, 4.69) is 31.1 Å². The van der Waals surface area contributed by atoms with Crippen LogP contribution in [0.5, 0.6) is 5.75 Å². The van der Waals surface area contributed by atoms with Crippen molar-refractivity contribution in [2.45, 2.75) is 19.1 Å². The highest BCUT2D eigenvalue weighted by Crippen LogP contribution is 2.19. The first-order valence-electron chi connectivity index (χ1n) is 9.18. The molecule has 1 aromatic heterocycles. The number of carbonyl (C=O) groups is 3. The molecule has 152 valence electrons. The topological polar surface area (TPSA) is 138 Å². The van der Waals surface area contributed by atoms with Crippen molar-refractivity contribution in [3.05, 3.63) is 66.0 Å². The molecule has 0 spiro atoms. The van der Waals surface area contributed by atoms with E-state index >= 15 is 0 Å². The van der Waals surface area contributed by atoms with Gasteiger partial charge in [0.05, 0.1) is 17.7 Å². The van der Waals surface area contributed by atoms with Crippen LogP contribution in [-0.2, 0) is 16.2 Å². The SMILES string of the molecule is O=C(CC1NC(=O)c2ccccc2NC1=O)Nc1n[nH]c(COc2ccccc2)n1. The van der Waals surface area contributed by atoms with E-state index in [9.17, 15) is 14.4 Å². The lowest BCUT2D eigenvalue weighted by Gasteiger charge is -2.13. The molecule has 4 N–H and O–H groups in total. The van der Waals surface area contributed by atoms with E-state index in [1.165, 1.54) is 0 Å². The lowest BCUT2D eigenvalue weighted by atomic mass is 10.1. The van der Waals surface area contributed by atoms with Gasteiger partial charge in [-0.3, -0.25) is 24.8 Å². The molecule has 3 amide bonds. The van der Waals surface area contributed by atoms with Crippen molar-refractivity contribution in [2.24, 2.45) is 0 Å². The molecule has 10 heteroatoms. The van der Waals surface area contributed by atoms with E-state index in [-0.39, 0.29) is 19.0 Å². The Balaban J connectivity index is 1.33. The maximum atomic E-state index is 12.4. The zero-order valence-electron chi connectivity index (χ0n) is 15.7. The number of anilines is 2. The summed E-state index contributed by atoms with van der Waals surface area (Å²) < 4.78 is 5.56. The van der Waals surface area contributed by atoms with Gasteiger partial charge in [0, 0.05) is 0 Å². The molecule has 0 saturated carbocycles. The summed E-state index contributed by atoms with van der Waals surface area (Å²) in [5, 5.41) is 14.3. The number of rotatable bonds is 6. The van der Waals surface area contributed by atoms with E-state index < -0.39 is 23.8 Å². The Morgan fingerprint density at radius 2 is 1.83 bits per heavy atom. The normalized spacial score (nSPS) is 15.4. The molecular weight excluding hydrogens is 388 g/mol. The third-order valence-corrected chi connectivity index (χ3v) is 4.34. The third kappa shape index (κ3) is 4.43. The van der Waals surface area contributed by atoms with Gasteiger partial charge in [-0.1, -0.05) is 30.3 Å². The zero-order chi connectivity index (χ0) is 20.9. The Bertz CT molecular complexity index is 1080. The third-order valence-electron chi connectivity index (χ3n) is 4.34. The molecule has 3 aromatic rings. The number of benzene rings is 2. The predicted molar refractivity (Wildman–Crippen MR) is 107 cm³/mol. The summed E-state index contributed by atoms with van der Waals surface area (Å²) in [6.07, 6.45) is -0.268. The summed E-state index contributed by atoms with van der Waals surface area (Å²) in [5.41, 5.74) is 0.741. The van der Waals surface area contributed by atoms with Gasteiger partial charge in [-0.25, -0.2) is 0 Å². The Morgan fingerprint density at radius 1 is 1.07 bits per heavy atom. The Kier molecular flexibility index (Phi) is 5.37. The van der Waals surface area contributed by atoms with E-state index in [1.807, 2.05) is 30.3 Å². The van der Waals surface area contributed by atoms with Crippen LogP contribution in [0.4, 0.5) is 11.6 Å². The summed E-state index contributed by atoms with van der Waals surface area (Å²) >= 11 is 0. The number of carbonyl (C=O) groups excluding carboxylic acids is 3. The summed E-state index contributed by atoms with van der Waals surface area (Å²) in [5.74, 6) is -0.276. The Morgan fingerprint density at radius 3 is 2.67 bits per heavy atom. The quantitative estimate of drug-likeness (QED) is 0.489.